The predicted molar refractivity (Wildman–Crippen MR) is 86.2 cm³/mol. The van der Waals surface area contributed by atoms with E-state index in [2.05, 4.69) is 26.6 Å². The summed E-state index contributed by atoms with van der Waals surface area (Å²) in [6.45, 7) is 2.38. The van der Waals surface area contributed by atoms with E-state index in [9.17, 15) is 9.18 Å². The van der Waals surface area contributed by atoms with Gasteiger partial charge >= 0.3 is 0 Å². The van der Waals surface area contributed by atoms with Crippen LogP contribution in [0.3, 0.4) is 0 Å². The summed E-state index contributed by atoms with van der Waals surface area (Å²) in [7, 11) is 0. The third-order valence-electron chi connectivity index (χ3n) is 2.85. The molecule has 2 aromatic carbocycles. The van der Waals surface area contributed by atoms with Gasteiger partial charge in [0.2, 0.25) is 0 Å². The number of carbonyl (C=O) groups excluding carboxylic acids is 1. The molecule has 0 aliphatic carbocycles. The first-order valence-electron chi connectivity index (χ1n) is 6.41. The Bertz CT molecular complexity index is 676. The molecule has 0 aromatic heterocycles. The molecule has 4 N–H and O–H groups in total. The van der Waals surface area contributed by atoms with Crippen molar-refractivity contribution in [2.45, 2.75) is 6.92 Å². The van der Waals surface area contributed by atoms with Gasteiger partial charge in [0.05, 0.1) is 17.1 Å². The van der Waals surface area contributed by atoms with Crippen LogP contribution in [0.15, 0.2) is 40.9 Å². The monoisotopic (exact) mass is 351 g/mol. The van der Waals surface area contributed by atoms with E-state index in [0.717, 1.165) is 4.47 Å². The fourth-order valence-electron chi connectivity index (χ4n) is 1.82. The van der Waals surface area contributed by atoms with Gasteiger partial charge in [-0.25, -0.2) is 4.39 Å². The largest absolute Gasteiger partial charge is 0.397 e. The van der Waals surface area contributed by atoms with E-state index < -0.39 is 0 Å². The lowest BCUT2D eigenvalue weighted by atomic mass is 10.1. The first-order chi connectivity index (χ1) is 10.0. The number of benzene rings is 2. The number of rotatable bonds is 4. The van der Waals surface area contributed by atoms with Crippen molar-refractivity contribution in [3.63, 3.8) is 0 Å². The van der Waals surface area contributed by atoms with Crippen LogP contribution < -0.4 is 16.4 Å². The molecule has 0 aliphatic heterocycles. The summed E-state index contributed by atoms with van der Waals surface area (Å²) in [4.78, 5) is 11.7. The number of nitrogen functional groups attached to an aromatic ring is 1. The van der Waals surface area contributed by atoms with Crippen LogP contribution in [0, 0.1) is 5.82 Å². The zero-order valence-corrected chi connectivity index (χ0v) is 13.0. The minimum Gasteiger partial charge on any atom is -0.397 e. The summed E-state index contributed by atoms with van der Waals surface area (Å²) in [5.41, 5.74) is 7.60. The Kier molecular flexibility index (Phi) is 4.80. The molecular formula is C15H15BrFN3O. The van der Waals surface area contributed by atoms with Crippen molar-refractivity contribution in [2.24, 2.45) is 0 Å². The summed E-state index contributed by atoms with van der Waals surface area (Å²) in [6.07, 6.45) is 0. The minimum atomic E-state index is -0.384. The molecule has 2 aromatic rings. The quantitative estimate of drug-likeness (QED) is 0.736. The number of hydrogen-bond donors (Lipinski definition) is 3. The van der Waals surface area contributed by atoms with Crippen molar-refractivity contribution in [2.75, 3.05) is 17.6 Å². The number of nitrogens with two attached hydrogens (primary N) is 1. The summed E-state index contributed by atoms with van der Waals surface area (Å²) < 4.78 is 14.5. The topological polar surface area (TPSA) is 67.2 Å². The van der Waals surface area contributed by atoms with Crippen LogP contribution in [-0.4, -0.2) is 12.5 Å². The number of hydrogen-bond acceptors (Lipinski definition) is 3. The molecule has 21 heavy (non-hydrogen) atoms. The third-order valence-corrected chi connectivity index (χ3v) is 3.34. The summed E-state index contributed by atoms with van der Waals surface area (Å²) in [5.74, 6) is -0.574. The van der Waals surface area contributed by atoms with E-state index in [1.807, 2.05) is 6.92 Å². The molecule has 0 saturated heterocycles. The van der Waals surface area contributed by atoms with Gasteiger partial charge in [0.1, 0.15) is 5.82 Å². The summed E-state index contributed by atoms with van der Waals surface area (Å²) in [5, 5.41) is 5.61. The van der Waals surface area contributed by atoms with Gasteiger partial charge in [-0.3, -0.25) is 4.79 Å². The molecule has 0 unspecified atom stereocenters. The van der Waals surface area contributed by atoms with Gasteiger partial charge in [0, 0.05) is 16.6 Å². The Morgan fingerprint density at radius 2 is 2.00 bits per heavy atom. The Labute approximate surface area is 130 Å². The summed E-state index contributed by atoms with van der Waals surface area (Å²) >= 11 is 3.29. The molecule has 0 aliphatic rings. The van der Waals surface area contributed by atoms with Crippen molar-refractivity contribution >= 4 is 38.9 Å². The maximum atomic E-state index is 13.7. The van der Waals surface area contributed by atoms with Crippen LogP contribution in [0.1, 0.15) is 17.3 Å². The number of nitrogens with one attached hydrogen (secondary N) is 2. The smallest absolute Gasteiger partial charge is 0.251 e. The van der Waals surface area contributed by atoms with Crippen molar-refractivity contribution in [1.29, 1.82) is 0 Å². The summed E-state index contributed by atoms with van der Waals surface area (Å²) in [6, 6.07) is 9.43. The Hall–Kier alpha value is -2.08. The molecule has 0 spiro atoms. The highest BCUT2D eigenvalue weighted by atomic mass is 79.9. The van der Waals surface area contributed by atoms with Crippen molar-refractivity contribution in [1.82, 2.24) is 5.32 Å². The molecule has 1 amide bonds. The molecule has 0 atom stereocenters. The maximum absolute atomic E-state index is 13.7. The highest BCUT2D eigenvalue weighted by molar-refractivity contribution is 9.10. The molecule has 0 fully saturated rings. The number of halogens is 2. The molecule has 0 saturated carbocycles. The van der Waals surface area contributed by atoms with Gasteiger partial charge in [0.15, 0.2) is 0 Å². The normalized spacial score (nSPS) is 10.2. The van der Waals surface area contributed by atoms with Crippen LogP contribution in [0.5, 0.6) is 0 Å². The van der Waals surface area contributed by atoms with Gasteiger partial charge in [-0.05, 0) is 43.3 Å². The van der Waals surface area contributed by atoms with Crippen LogP contribution in [0.25, 0.3) is 0 Å². The molecule has 2 rings (SSSR count). The molecule has 6 heteroatoms. The van der Waals surface area contributed by atoms with E-state index in [1.165, 1.54) is 6.07 Å². The first-order valence-corrected chi connectivity index (χ1v) is 7.20. The Morgan fingerprint density at radius 1 is 1.24 bits per heavy atom. The van der Waals surface area contributed by atoms with Crippen LogP contribution in [0.4, 0.5) is 21.5 Å². The first kappa shape index (κ1) is 15.3. The molecule has 0 heterocycles. The SMILES string of the molecule is CCNC(=O)c1ccc(Nc2cc(Br)ccc2F)c(N)c1. The van der Waals surface area contributed by atoms with Crippen molar-refractivity contribution in [3.8, 4) is 0 Å². The number of carbonyl (C=O) groups is 1. The van der Waals surface area contributed by atoms with Gasteiger partial charge in [-0.2, -0.15) is 0 Å². The van der Waals surface area contributed by atoms with Gasteiger partial charge < -0.3 is 16.4 Å². The second-order valence-corrected chi connectivity index (χ2v) is 5.33. The van der Waals surface area contributed by atoms with Crippen LogP contribution >= 0.6 is 15.9 Å². The van der Waals surface area contributed by atoms with E-state index in [0.29, 0.717) is 29.2 Å². The minimum absolute atomic E-state index is 0.190. The van der Waals surface area contributed by atoms with E-state index in [-0.39, 0.29) is 11.7 Å². The molecular weight excluding hydrogens is 337 g/mol. The van der Waals surface area contributed by atoms with Crippen molar-refractivity contribution < 1.29 is 9.18 Å². The van der Waals surface area contributed by atoms with Crippen molar-refractivity contribution in [3.05, 3.63) is 52.3 Å². The average Bonchev–Trinajstić information content (AvgIpc) is 2.45. The zero-order valence-electron chi connectivity index (χ0n) is 11.4. The Balaban J connectivity index is 2.25. The molecule has 110 valence electrons. The Morgan fingerprint density at radius 3 is 2.67 bits per heavy atom. The van der Waals surface area contributed by atoms with Crippen LogP contribution in [0.2, 0.25) is 0 Å². The molecule has 0 radical (unpaired) electrons. The average molecular weight is 352 g/mol. The van der Waals surface area contributed by atoms with E-state index in [4.69, 9.17) is 5.73 Å². The fraction of sp³-hybridized carbons (Fsp3) is 0.133. The van der Waals surface area contributed by atoms with Gasteiger partial charge in [-0.1, -0.05) is 15.9 Å². The molecule has 0 bridgehead atoms. The standard InChI is InChI=1S/C15H15BrFN3O/c1-2-19-15(21)9-3-6-13(12(18)7-9)20-14-8-10(16)4-5-11(14)17/h3-8,20H,2,18H2,1H3,(H,19,21). The zero-order chi connectivity index (χ0) is 15.4. The lowest BCUT2D eigenvalue weighted by Crippen LogP contribution is -2.22. The molecule has 4 nitrogen and oxygen atoms in total. The fourth-order valence-corrected chi connectivity index (χ4v) is 2.18. The number of amides is 1. The number of anilines is 3. The second kappa shape index (κ2) is 6.58. The van der Waals surface area contributed by atoms with Gasteiger partial charge in [-0.15, -0.1) is 0 Å². The predicted octanol–water partition coefficient (Wildman–Crippen LogP) is 3.66. The third kappa shape index (κ3) is 3.72. The lowest BCUT2D eigenvalue weighted by Gasteiger charge is -2.12. The van der Waals surface area contributed by atoms with Gasteiger partial charge in [0.25, 0.3) is 5.91 Å². The highest BCUT2D eigenvalue weighted by Crippen LogP contribution is 2.27. The second-order valence-electron chi connectivity index (χ2n) is 4.41. The lowest BCUT2D eigenvalue weighted by molar-refractivity contribution is 0.0956. The van der Waals surface area contributed by atoms with E-state index >= 15 is 0 Å². The van der Waals surface area contributed by atoms with E-state index in [1.54, 1.807) is 30.3 Å². The highest BCUT2D eigenvalue weighted by Gasteiger charge is 2.09. The van der Waals surface area contributed by atoms with Crippen LogP contribution in [-0.2, 0) is 0 Å². The maximum Gasteiger partial charge on any atom is 0.251 e.